The Labute approximate surface area is 165 Å². The van der Waals surface area contributed by atoms with Crippen molar-refractivity contribution in [2.45, 2.75) is 31.8 Å². The van der Waals surface area contributed by atoms with Crippen LogP contribution in [0.1, 0.15) is 49.4 Å². The molecule has 142 valence electrons. The summed E-state index contributed by atoms with van der Waals surface area (Å²) >= 11 is 1.33. The Balaban J connectivity index is 1.55. The number of benzene rings is 1. The van der Waals surface area contributed by atoms with Gasteiger partial charge in [0.05, 0.1) is 16.4 Å². The van der Waals surface area contributed by atoms with Gasteiger partial charge in [-0.3, -0.25) is 14.4 Å². The fourth-order valence-electron chi connectivity index (χ4n) is 4.43. The Bertz CT molecular complexity index is 1190. The number of primary amides is 1. The molecule has 1 aromatic carbocycles. The number of hydrogen-bond donors (Lipinski definition) is 1. The first kappa shape index (κ1) is 17.2. The summed E-state index contributed by atoms with van der Waals surface area (Å²) in [6.07, 6.45) is 4.29. The molecule has 7 heteroatoms. The molecule has 1 fully saturated rings. The average molecular weight is 393 g/mol. The number of para-hydroxylation sites is 1. The summed E-state index contributed by atoms with van der Waals surface area (Å²) in [6, 6.07) is 9.18. The van der Waals surface area contributed by atoms with Crippen molar-refractivity contribution in [2.24, 2.45) is 5.73 Å². The van der Waals surface area contributed by atoms with Crippen LogP contribution in [-0.2, 0) is 13.0 Å². The highest BCUT2D eigenvalue weighted by molar-refractivity contribution is 7.14. The summed E-state index contributed by atoms with van der Waals surface area (Å²) in [4.78, 5) is 41.0. The Morgan fingerprint density at radius 2 is 2.00 bits per heavy atom. The predicted octanol–water partition coefficient (Wildman–Crippen LogP) is 2.70. The van der Waals surface area contributed by atoms with E-state index in [0.717, 1.165) is 41.8 Å². The topological polar surface area (TPSA) is 85.4 Å². The average Bonchev–Trinajstić information content (AvgIpc) is 3.43. The van der Waals surface area contributed by atoms with Gasteiger partial charge in [-0.25, -0.2) is 0 Å². The van der Waals surface area contributed by atoms with Crippen LogP contribution < -0.4 is 11.2 Å². The van der Waals surface area contributed by atoms with Gasteiger partial charge in [-0.2, -0.15) is 0 Å². The number of likely N-dealkylation sites (tertiary alicyclic amines) is 1. The summed E-state index contributed by atoms with van der Waals surface area (Å²) in [5, 5.41) is 0.615. The van der Waals surface area contributed by atoms with Gasteiger partial charge in [0.25, 0.3) is 11.8 Å². The standard InChI is InChI=1S/C21H19N3O3S/c22-20(26)17-7-6-16(28-17)15-5-2-9-24(15)21(27)14-11-23-10-8-12-3-1-4-13(18(12)23)19(14)25/h1,3-4,6-7,11,15H,2,5,8-10H2,(H2,22,26)/t15-/m1/s1. The molecule has 1 saturated heterocycles. The molecule has 0 bridgehead atoms. The SMILES string of the molecule is NC(=O)c1ccc([C@H]2CCCN2C(=O)c2cn3c4c(cccc4c2=O)CC3)s1. The largest absolute Gasteiger partial charge is 0.365 e. The van der Waals surface area contributed by atoms with Crippen molar-refractivity contribution in [3.8, 4) is 0 Å². The predicted molar refractivity (Wildman–Crippen MR) is 108 cm³/mol. The lowest BCUT2D eigenvalue weighted by Crippen LogP contribution is -2.34. The van der Waals surface area contributed by atoms with Crippen LogP contribution in [0.2, 0.25) is 0 Å². The van der Waals surface area contributed by atoms with E-state index in [-0.39, 0.29) is 22.9 Å². The number of carbonyl (C=O) groups excluding carboxylic acids is 2. The van der Waals surface area contributed by atoms with Crippen molar-refractivity contribution < 1.29 is 9.59 Å². The second-order valence-electron chi connectivity index (χ2n) is 7.35. The fourth-order valence-corrected chi connectivity index (χ4v) is 5.44. The minimum Gasteiger partial charge on any atom is -0.365 e. The first-order valence-electron chi connectivity index (χ1n) is 9.40. The number of amides is 2. The number of aromatic nitrogens is 1. The summed E-state index contributed by atoms with van der Waals surface area (Å²) in [7, 11) is 0. The number of nitrogens with two attached hydrogens (primary N) is 1. The Hall–Kier alpha value is -2.93. The van der Waals surface area contributed by atoms with Gasteiger partial charge < -0.3 is 15.2 Å². The summed E-state index contributed by atoms with van der Waals surface area (Å²) in [6.45, 7) is 1.39. The maximum atomic E-state index is 13.3. The molecule has 0 saturated carbocycles. The van der Waals surface area contributed by atoms with Gasteiger partial charge in [0.1, 0.15) is 5.56 Å². The third kappa shape index (κ3) is 2.50. The third-order valence-electron chi connectivity index (χ3n) is 5.75. The minimum absolute atomic E-state index is 0.120. The highest BCUT2D eigenvalue weighted by Gasteiger charge is 2.33. The van der Waals surface area contributed by atoms with Crippen molar-refractivity contribution in [2.75, 3.05) is 6.54 Å². The fraction of sp³-hybridized carbons (Fsp3) is 0.286. The van der Waals surface area contributed by atoms with E-state index in [9.17, 15) is 14.4 Å². The summed E-state index contributed by atoms with van der Waals surface area (Å²) in [5.41, 5.74) is 7.50. The van der Waals surface area contributed by atoms with Crippen molar-refractivity contribution >= 4 is 34.1 Å². The lowest BCUT2D eigenvalue weighted by molar-refractivity contribution is 0.0736. The van der Waals surface area contributed by atoms with Crippen molar-refractivity contribution in [1.29, 1.82) is 0 Å². The van der Waals surface area contributed by atoms with E-state index in [4.69, 9.17) is 5.73 Å². The Morgan fingerprint density at radius 1 is 1.14 bits per heavy atom. The van der Waals surface area contributed by atoms with Gasteiger partial charge in [0.15, 0.2) is 0 Å². The zero-order valence-electron chi connectivity index (χ0n) is 15.2. The first-order chi connectivity index (χ1) is 13.5. The quantitative estimate of drug-likeness (QED) is 0.742. The van der Waals surface area contributed by atoms with Crippen LogP contribution in [0.25, 0.3) is 10.9 Å². The minimum atomic E-state index is -0.460. The molecule has 1 atom stereocenters. The molecule has 5 rings (SSSR count). The molecular formula is C21H19N3O3S. The van der Waals surface area contributed by atoms with Crippen LogP contribution in [0.3, 0.4) is 0 Å². The van der Waals surface area contributed by atoms with E-state index in [0.29, 0.717) is 16.8 Å². The van der Waals surface area contributed by atoms with Crippen LogP contribution in [0.4, 0.5) is 0 Å². The molecular weight excluding hydrogens is 374 g/mol. The molecule has 0 unspecified atom stereocenters. The molecule has 0 spiro atoms. The van der Waals surface area contributed by atoms with Crippen LogP contribution in [-0.4, -0.2) is 27.8 Å². The number of thiophene rings is 1. The van der Waals surface area contributed by atoms with E-state index in [2.05, 4.69) is 0 Å². The zero-order chi connectivity index (χ0) is 19.4. The number of hydrogen-bond acceptors (Lipinski definition) is 4. The van der Waals surface area contributed by atoms with E-state index in [1.54, 1.807) is 23.2 Å². The summed E-state index contributed by atoms with van der Waals surface area (Å²) < 4.78 is 2.03. The van der Waals surface area contributed by atoms with Crippen LogP contribution >= 0.6 is 11.3 Å². The molecule has 3 aromatic rings. The molecule has 4 heterocycles. The second-order valence-corrected chi connectivity index (χ2v) is 8.47. The first-order valence-corrected chi connectivity index (χ1v) is 10.2. The third-order valence-corrected chi connectivity index (χ3v) is 6.95. The molecule has 0 aliphatic carbocycles. The van der Waals surface area contributed by atoms with E-state index < -0.39 is 5.91 Å². The van der Waals surface area contributed by atoms with Crippen LogP contribution in [0.15, 0.2) is 41.3 Å². The van der Waals surface area contributed by atoms with E-state index in [1.165, 1.54) is 11.3 Å². The van der Waals surface area contributed by atoms with Crippen molar-refractivity contribution in [3.05, 3.63) is 67.6 Å². The molecule has 2 aromatic heterocycles. The highest BCUT2D eigenvalue weighted by atomic mass is 32.1. The molecule has 2 N–H and O–H groups in total. The molecule has 6 nitrogen and oxygen atoms in total. The Morgan fingerprint density at radius 3 is 2.79 bits per heavy atom. The lowest BCUT2D eigenvalue weighted by Gasteiger charge is -2.24. The zero-order valence-corrected chi connectivity index (χ0v) is 16.0. The van der Waals surface area contributed by atoms with Gasteiger partial charge in [0.2, 0.25) is 5.43 Å². The van der Waals surface area contributed by atoms with Gasteiger partial charge in [-0.1, -0.05) is 12.1 Å². The normalized spacial score (nSPS) is 18.1. The second kappa shape index (κ2) is 6.31. The Kier molecular flexibility index (Phi) is 3.87. The molecule has 0 radical (unpaired) electrons. The molecule has 2 aliphatic heterocycles. The van der Waals surface area contributed by atoms with E-state index >= 15 is 0 Å². The van der Waals surface area contributed by atoms with Crippen LogP contribution in [0, 0.1) is 0 Å². The highest BCUT2D eigenvalue weighted by Crippen LogP contribution is 2.37. The smallest absolute Gasteiger partial charge is 0.259 e. The number of rotatable bonds is 3. The van der Waals surface area contributed by atoms with Gasteiger partial charge in [-0.05, 0) is 43.0 Å². The van der Waals surface area contributed by atoms with Crippen molar-refractivity contribution in [1.82, 2.24) is 9.47 Å². The van der Waals surface area contributed by atoms with Gasteiger partial charge in [-0.15, -0.1) is 11.3 Å². The monoisotopic (exact) mass is 393 g/mol. The lowest BCUT2D eigenvalue weighted by atomic mass is 10.1. The molecule has 28 heavy (non-hydrogen) atoms. The maximum Gasteiger partial charge on any atom is 0.259 e. The van der Waals surface area contributed by atoms with Gasteiger partial charge in [0, 0.05) is 29.5 Å². The molecule has 2 aliphatic rings. The number of nitrogens with zero attached hydrogens (tertiary/aromatic N) is 2. The van der Waals surface area contributed by atoms with Crippen LogP contribution in [0.5, 0.6) is 0 Å². The van der Waals surface area contributed by atoms with Crippen molar-refractivity contribution in [3.63, 3.8) is 0 Å². The maximum absolute atomic E-state index is 13.3. The molecule has 2 amide bonds. The number of pyridine rings is 1. The van der Waals surface area contributed by atoms with E-state index in [1.807, 2.05) is 22.8 Å². The number of aryl methyl sites for hydroxylation is 2. The van der Waals surface area contributed by atoms with Gasteiger partial charge >= 0.3 is 0 Å². The number of carbonyl (C=O) groups is 2. The summed E-state index contributed by atoms with van der Waals surface area (Å²) in [5.74, 6) is -0.691.